The Hall–Kier alpha value is -3.13. The maximum atomic E-state index is 12.1. The quantitative estimate of drug-likeness (QED) is 0.397. The summed E-state index contributed by atoms with van der Waals surface area (Å²) < 4.78 is 6.08. The van der Waals surface area contributed by atoms with Crippen molar-refractivity contribution in [3.63, 3.8) is 0 Å². The Bertz CT molecular complexity index is 1080. The average molecular weight is 465 g/mol. The van der Waals surface area contributed by atoms with Gasteiger partial charge >= 0.3 is 0 Å². The molecule has 1 aliphatic heterocycles. The molecule has 2 aromatic carbocycles. The Morgan fingerprint density at radius 3 is 2.39 bits per heavy atom. The zero-order chi connectivity index (χ0) is 23.4. The van der Waals surface area contributed by atoms with Gasteiger partial charge in [0.15, 0.2) is 0 Å². The average Bonchev–Trinajstić information content (AvgIpc) is 3.48. The first kappa shape index (κ1) is 23.0. The number of ether oxygens (including phenoxy) is 1. The number of primary amides is 1. The van der Waals surface area contributed by atoms with Crippen LogP contribution >= 0.6 is 11.8 Å². The molecular weight excluding hydrogens is 436 g/mol. The van der Waals surface area contributed by atoms with Crippen molar-refractivity contribution in [2.24, 2.45) is 11.7 Å². The van der Waals surface area contributed by atoms with E-state index in [4.69, 9.17) is 21.3 Å². The highest BCUT2D eigenvalue weighted by Crippen LogP contribution is 2.32. The Kier molecular flexibility index (Phi) is 7.13. The Balaban J connectivity index is 1.47. The van der Waals surface area contributed by atoms with Gasteiger partial charge < -0.3 is 15.4 Å². The molecule has 7 nitrogen and oxygen atoms in total. The fourth-order valence-electron chi connectivity index (χ4n) is 4.25. The molecule has 0 radical (unpaired) electrons. The minimum absolute atomic E-state index is 0.114. The molecule has 4 rings (SSSR count). The van der Waals surface area contributed by atoms with Crippen LogP contribution in [-0.4, -0.2) is 33.3 Å². The summed E-state index contributed by atoms with van der Waals surface area (Å²) in [4.78, 5) is 25.5. The normalized spacial score (nSPS) is 16.2. The number of likely N-dealkylation sites (tertiary alicyclic amines) is 1. The summed E-state index contributed by atoms with van der Waals surface area (Å²) in [6.07, 6.45) is 5.82. The Labute approximate surface area is 197 Å². The molecule has 0 spiro atoms. The Morgan fingerprint density at radius 2 is 1.76 bits per heavy atom. The fourth-order valence-corrected chi connectivity index (χ4v) is 5.13. The monoisotopic (exact) mass is 464 g/mol. The highest BCUT2D eigenvalue weighted by molar-refractivity contribution is 8.26. The summed E-state index contributed by atoms with van der Waals surface area (Å²) in [5.74, 6) is 0.887. The lowest BCUT2D eigenvalue weighted by Gasteiger charge is -2.19. The maximum Gasteiger partial charge on any atom is 0.248 e. The molecule has 1 saturated heterocycles. The van der Waals surface area contributed by atoms with Gasteiger partial charge in [-0.1, -0.05) is 30.7 Å². The molecule has 1 saturated carbocycles. The lowest BCUT2D eigenvalue weighted by molar-refractivity contribution is -0.128. The van der Waals surface area contributed by atoms with Crippen molar-refractivity contribution in [3.05, 3.63) is 59.2 Å². The number of amides is 2. The molecule has 33 heavy (non-hydrogen) atoms. The van der Waals surface area contributed by atoms with Gasteiger partial charge in [-0.2, -0.15) is 0 Å². The van der Waals surface area contributed by atoms with Crippen LogP contribution in [0.3, 0.4) is 0 Å². The third-order valence-electron chi connectivity index (χ3n) is 6.17. The first-order valence-corrected chi connectivity index (χ1v) is 12.1. The van der Waals surface area contributed by atoms with Gasteiger partial charge in [-0.25, -0.2) is 0 Å². The second kappa shape index (κ2) is 10.2. The number of carbonyl (C=O) groups is 2. The van der Waals surface area contributed by atoms with E-state index in [1.165, 1.54) is 11.8 Å². The van der Waals surface area contributed by atoms with Crippen LogP contribution in [0.15, 0.2) is 42.5 Å². The van der Waals surface area contributed by atoms with E-state index in [1.807, 2.05) is 0 Å². The van der Waals surface area contributed by atoms with E-state index in [2.05, 4.69) is 0 Å². The molecule has 2 fully saturated rings. The van der Waals surface area contributed by atoms with E-state index in [1.54, 1.807) is 47.4 Å². The zero-order valence-corrected chi connectivity index (χ0v) is 19.2. The number of rotatable bonds is 7. The number of hydrogen-bond donors (Lipinski definition) is 3. The molecule has 1 aliphatic carbocycles. The number of nitrogens with zero attached hydrogens (tertiary/aromatic N) is 1. The van der Waals surface area contributed by atoms with E-state index in [-0.39, 0.29) is 11.8 Å². The summed E-state index contributed by atoms with van der Waals surface area (Å²) in [5, 5.41) is 17.6. The molecule has 0 aromatic heterocycles. The second-order valence-electron chi connectivity index (χ2n) is 8.51. The van der Waals surface area contributed by atoms with Gasteiger partial charge in [0, 0.05) is 42.1 Å². The maximum absolute atomic E-state index is 12.1. The molecule has 0 unspecified atom stereocenters. The smallest absolute Gasteiger partial charge is 0.248 e. The third kappa shape index (κ3) is 5.63. The molecule has 2 amide bonds. The highest BCUT2D eigenvalue weighted by Gasteiger charge is 2.23. The molecule has 0 bridgehead atoms. The third-order valence-corrected chi connectivity index (χ3v) is 7.16. The molecule has 4 N–H and O–H groups in total. The number of nitrogens with two attached hydrogens (primary N) is 1. The zero-order valence-electron chi connectivity index (χ0n) is 18.4. The van der Waals surface area contributed by atoms with Crippen LogP contribution in [0, 0.1) is 16.7 Å². The van der Waals surface area contributed by atoms with Crippen molar-refractivity contribution < 1.29 is 14.3 Å². The summed E-state index contributed by atoms with van der Waals surface area (Å²) in [5.41, 5.74) is 7.31. The summed E-state index contributed by atoms with van der Waals surface area (Å²) in [6, 6.07) is 12.2. The standard InChI is InChI=1S/C25H28N4O3S/c26-23(31)18-7-8-19(15-29-13-3-6-22(29)30)21(14-18)32-20-11-9-17(10-12-20)25(28)33-24(27)16-4-1-2-5-16/h7-12,14,16,27-28H,1-6,13,15H2,(H2,26,31). The molecule has 1 heterocycles. The lowest BCUT2D eigenvalue weighted by atomic mass is 10.1. The minimum atomic E-state index is -0.547. The number of nitrogens with one attached hydrogen (secondary N) is 2. The van der Waals surface area contributed by atoms with Gasteiger partial charge in [-0.15, -0.1) is 0 Å². The minimum Gasteiger partial charge on any atom is -0.457 e. The van der Waals surface area contributed by atoms with Crippen LogP contribution in [0.2, 0.25) is 0 Å². The topological polar surface area (TPSA) is 120 Å². The molecule has 2 aromatic rings. The van der Waals surface area contributed by atoms with E-state index in [0.717, 1.165) is 43.2 Å². The van der Waals surface area contributed by atoms with Gasteiger partial charge in [0.25, 0.3) is 0 Å². The first-order chi connectivity index (χ1) is 15.9. The molecule has 2 aliphatic rings. The predicted molar refractivity (Wildman–Crippen MR) is 130 cm³/mol. The molecular formula is C25H28N4O3S. The lowest BCUT2D eigenvalue weighted by Crippen LogP contribution is -2.24. The van der Waals surface area contributed by atoms with Crippen LogP contribution in [0.4, 0.5) is 0 Å². The van der Waals surface area contributed by atoms with Crippen molar-refractivity contribution in [1.29, 1.82) is 10.8 Å². The van der Waals surface area contributed by atoms with Gasteiger partial charge in [-0.05, 0) is 55.7 Å². The highest BCUT2D eigenvalue weighted by atomic mass is 32.2. The van der Waals surface area contributed by atoms with Crippen LogP contribution < -0.4 is 10.5 Å². The Morgan fingerprint density at radius 1 is 1.06 bits per heavy atom. The van der Waals surface area contributed by atoms with Crippen molar-refractivity contribution >= 4 is 33.7 Å². The van der Waals surface area contributed by atoms with E-state index in [0.29, 0.717) is 46.7 Å². The van der Waals surface area contributed by atoms with Gasteiger partial charge in [0.2, 0.25) is 11.8 Å². The van der Waals surface area contributed by atoms with Crippen molar-refractivity contribution in [1.82, 2.24) is 4.90 Å². The van der Waals surface area contributed by atoms with E-state index < -0.39 is 5.91 Å². The number of hydrogen-bond acceptors (Lipinski definition) is 6. The van der Waals surface area contributed by atoms with Crippen LogP contribution in [-0.2, 0) is 11.3 Å². The summed E-state index contributed by atoms with van der Waals surface area (Å²) in [6.45, 7) is 1.12. The predicted octanol–water partition coefficient (Wildman–Crippen LogP) is 4.93. The number of benzene rings is 2. The van der Waals surface area contributed by atoms with Gasteiger partial charge in [-0.3, -0.25) is 20.4 Å². The number of thioether (sulfide) groups is 1. The fraction of sp³-hybridized carbons (Fsp3) is 0.360. The molecule has 8 heteroatoms. The molecule has 0 atom stereocenters. The summed E-state index contributed by atoms with van der Waals surface area (Å²) >= 11 is 1.22. The van der Waals surface area contributed by atoms with E-state index >= 15 is 0 Å². The summed E-state index contributed by atoms with van der Waals surface area (Å²) in [7, 11) is 0. The largest absolute Gasteiger partial charge is 0.457 e. The van der Waals surface area contributed by atoms with Crippen molar-refractivity contribution in [2.45, 2.75) is 45.1 Å². The van der Waals surface area contributed by atoms with Crippen LogP contribution in [0.25, 0.3) is 0 Å². The van der Waals surface area contributed by atoms with Gasteiger partial charge in [0.05, 0.1) is 5.04 Å². The van der Waals surface area contributed by atoms with Gasteiger partial charge in [0.1, 0.15) is 16.5 Å². The van der Waals surface area contributed by atoms with E-state index in [9.17, 15) is 9.59 Å². The first-order valence-electron chi connectivity index (χ1n) is 11.2. The molecule has 172 valence electrons. The van der Waals surface area contributed by atoms with Crippen molar-refractivity contribution in [2.75, 3.05) is 6.54 Å². The van der Waals surface area contributed by atoms with Crippen LogP contribution in [0.5, 0.6) is 11.5 Å². The SMILES string of the molecule is N=C(SC(=N)C1CCCC1)c1ccc(Oc2cc(C(N)=O)ccc2CN2CCCC2=O)cc1. The number of carbonyl (C=O) groups excluding carboxylic acids is 2. The van der Waals surface area contributed by atoms with Crippen LogP contribution in [0.1, 0.15) is 60.0 Å². The second-order valence-corrected chi connectivity index (χ2v) is 9.56. The van der Waals surface area contributed by atoms with Crippen molar-refractivity contribution in [3.8, 4) is 11.5 Å².